The highest BCUT2D eigenvalue weighted by atomic mass is 79.9. The van der Waals surface area contributed by atoms with Crippen LogP contribution < -0.4 is 0 Å². The molecule has 0 aliphatic heterocycles. The topological polar surface area (TPSA) is 20.2 Å². The standard InChI is InChI=1S/C15H14BrFO/c1-9-3-4-11(7-10(9)2)15(18)13-6-5-12(17)8-14(13)16/h3-8,15,18H,1-2H3. The maximum absolute atomic E-state index is 13.0. The lowest BCUT2D eigenvalue weighted by atomic mass is 9.98. The summed E-state index contributed by atoms with van der Waals surface area (Å²) in [6.45, 7) is 4.03. The van der Waals surface area contributed by atoms with Crippen LogP contribution in [0.2, 0.25) is 0 Å². The Morgan fingerprint density at radius 1 is 1.06 bits per heavy atom. The van der Waals surface area contributed by atoms with Gasteiger partial charge in [-0.2, -0.15) is 0 Å². The fourth-order valence-corrected chi connectivity index (χ4v) is 2.41. The Kier molecular flexibility index (Phi) is 3.83. The van der Waals surface area contributed by atoms with E-state index in [-0.39, 0.29) is 5.82 Å². The Morgan fingerprint density at radius 2 is 1.78 bits per heavy atom. The van der Waals surface area contributed by atoms with E-state index in [9.17, 15) is 9.50 Å². The Balaban J connectivity index is 2.41. The summed E-state index contributed by atoms with van der Waals surface area (Å²) in [6.07, 6.45) is -0.751. The van der Waals surface area contributed by atoms with E-state index in [0.29, 0.717) is 10.0 Å². The van der Waals surface area contributed by atoms with E-state index in [0.717, 1.165) is 11.1 Å². The van der Waals surface area contributed by atoms with Crippen LogP contribution in [-0.4, -0.2) is 5.11 Å². The molecule has 0 bridgehead atoms. The Labute approximate surface area is 114 Å². The largest absolute Gasteiger partial charge is 0.384 e. The highest BCUT2D eigenvalue weighted by Crippen LogP contribution is 2.29. The van der Waals surface area contributed by atoms with E-state index in [1.54, 1.807) is 6.07 Å². The quantitative estimate of drug-likeness (QED) is 0.877. The van der Waals surface area contributed by atoms with Gasteiger partial charge in [0.1, 0.15) is 11.9 Å². The van der Waals surface area contributed by atoms with Crippen molar-refractivity contribution in [1.29, 1.82) is 0 Å². The lowest BCUT2D eigenvalue weighted by Gasteiger charge is -2.14. The average Bonchev–Trinajstić information content (AvgIpc) is 2.32. The molecular weight excluding hydrogens is 295 g/mol. The average molecular weight is 309 g/mol. The third kappa shape index (κ3) is 2.62. The lowest BCUT2D eigenvalue weighted by Crippen LogP contribution is -2.02. The molecule has 0 amide bonds. The van der Waals surface area contributed by atoms with Gasteiger partial charge in [-0.05, 0) is 48.2 Å². The van der Waals surface area contributed by atoms with Gasteiger partial charge in [0.25, 0.3) is 0 Å². The van der Waals surface area contributed by atoms with Crippen molar-refractivity contribution in [3.8, 4) is 0 Å². The van der Waals surface area contributed by atoms with E-state index < -0.39 is 6.10 Å². The Hall–Kier alpha value is -1.19. The number of rotatable bonds is 2. The lowest BCUT2D eigenvalue weighted by molar-refractivity contribution is 0.219. The molecule has 3 heteroatoms. The summed E-state index contributed by atoms with van der Waals surface area (Å²) < 4.78 is 13.6. The number of aryl methyl sites for hydroxylation is 2. The molecule has 0 spiro atoms. The van der Waals surface area contributed by atoms with Gasteiger partial charge in [-0.3, -0.25) is 0 Å². The second-order valence-corrected chi connectivity index (χ2v) is 5.27. The first-order chi connectivity index (χ1) is 8.49. The highest BCUT2D eigenvalue weighted by molar-refractivity contribution is 9.10. The van der Waals surface area contributed by atoms with Gasteiger partial charge in [-0.25, -0.2) is 4.39 Å². The van der Waals surface area contributed by atoms with Gasteiger partial charge < -0.3 is 5.11 Å². The molecule has 1 nitrogen and oxygen atoms in total. The molecule has 2 aromatic rings. The molecule has 0 aromatic heterocycles. The molecule has 18 heavy (non-hydrogen) atoms. The van der Waals surface area contributed by atoms with Gasteiger partial charge in [0.15, 0.2) is 0 Å². The zero-order chi connectivity index (χ0) is 13.3. The highest BCUT2D eigenvalue weighted by Gasteiger charge is 2.14. The first-order valence-corrected chi connectivity index (χ1v) is 6.48. The van der Waals surface area contributed by atoms with Crippen molar-refractivity contribution >= 4 is 15.9 Å². The molecule has 0 saturated heterocycles. The zero-order valence-corrected chi connectivity index (χ0v) is 11.8. The first kappa shape index (κ1) is 13.2. The zero-order valence-electron chi connectivity index (χ0n) is 10.2. The van der Waals surface area contributed by atoms with Crippen LogP contribution in [0, 0.1) is 19.7 Å². The van der Waals surface area contributed by atoms with Crippen molar-refractivity contribution in [3.63, 3.8) is 0 Å². The normalized spacial score (nSPS) is 12.5. The minimum Gasteiger partial charge on any atom is -0.384 e. The maximum atomic E-state index is 13.0. The monoisotopic (exact) mass is 308 g/mol. The summed E-state index contributed by atoms with van der Waals surface area (Å²) in [5, 5.41) is 10.3. The minimum atomic E-state index is -0.751. The van der Waals surface area contributed by atoms with Crippen molar-refractivity contribution in [2.75, 3.05) is 0 Å². The number of aliphatic hydroxyl groups excluding tert-OH is 1. The first-order valence-electron chi connectivity index (χ1n) is 5.69. The van der Waals surface area contributed by atoms with Crippen LogP contribution in [-0.2, 0) is 0 Å². The summed E-state index contributed by atoms with van der Waals surface area (Å²) in [5.74, 6) is -0.321. The summed E-state index contributed by atoms with van der Waals surface area (Å²) in [5.41, 5.74) is 3.79. The molecule has 1 atom stereocenters. The van der Waals surface area contributed by atoms with Crippen molar-refractivity contribution in [2.45, 2.75) is 20.0 Å². The van der Waals surface area contributed by atoms with Crippen LogP contribution in [0.3, 0.4) is 0 Å². The molecule has 94 valence electrons. The molecule has 0 saturated carbocycles. The van der Waals surface area contributed by atoms with E-state index >= 15 is 0 Å². The molecule has 2 rings (SSSR count). The summed E-state index contributed by atoms with van der Waals surface area (Å²) in [7, 11) is 0. The van der Waals surface area contributed by atoms with Crippen molar-refractivity contribution in [2.24, 2.45) is 0 Å². The Morgan fingerprint density at radius 3 is 2.39 bits per heavy atom. The van der Waals surface area contributed by atoms with E-state index in [4.69, 9.17) is 0 Å². The summed E-state index contributed by atoms with van der Waals surface area (Å²) >= 11 is 3.28. The molecule has 0 heterocycles. The fraction of sp³-hybridized carbons (Fsp3) is 0.200. The molecule has 0 radical (unpaired) electrons. The third-order valence-corrected chi connectivity index (χ3v) is 3.79. The van der Waals surface area contributed by atoms with Crippen LogP contribution in [0.1, 0.15) is 28.4 Å². The van der Waals surface area contributed by atoms with Gasteiger partial charge in [0.05, 0.1) is 0 Å². The third-order valence-electron chi connectivity index (χ3n) is 3.10. The van der Waals surface area contributed by atoms with Crippen molar-refractivity contribution in [3.05, 3.63) is 68.9 Å². The van der Waals surface area contributed by atoms with Gasteiger partial charge in [-0.15, -0.1) is 0 Å². The van der Waals surface area contributed by atoms with Crippen molar-refractivity contribution in [1.82, 2.24) is 0 Å². The molecule has 1 N–H and O–H groups in total. The molecular formula is C15H14BrFO. The van der Waals surface area contributed by atoms with Crippen LogP contribution in [0.25, 0.3) is 0 Å². The predicted octanol–water partition coefficient (Wildman–Crippen LogP) is 4.29. The van der Waals surface area contributed by atoms with Gasteiger partial charge in [0.2, 0.25) is 0 Å². The molecule has 2 aromatic carbocycles. The number of hydrogen-bond acceptors (Lipinski definition) is 1. The molecule has 0 aliphatic carbocycles. The summed E-state index contributed by atoms with van der Waals surface area (Å²) in [4.78, 5) is 0. The van der Waals surface area contributed by atoms with Crippen LogP contribution >= 0.6 is 15.9 Å². The minimum absolute atomic E-state index is 0.321. The molecule has 0 aliphatic rings. The van der Waals surface area contributed by atoms with E-state index in [2.05, 4.69) is 15.9 Å². The van der Waals surface area contributed by atoms with E-state index in [1.165, 1.54) is 17.7 Å². The smallest absolute Gasteiger partial charge is 0.124 e. The van der Waals surface area contributed by atoms with Gasteiger partial charge >= 0.3 is 0 Å². The SMILES string of the molecule is Cc1ccc(C(O)c2ccc(F)cc2Br)cc1C. The maximum Gasteiger partial charge on any atom is 0.124 e. The summed E-state index contributed by atoms with van der Waals surface area (Å²) in [6, 6.07) is 10.1. The van der Waals surface area contributed by atoms with Crippen LogP contribution in [0.4, 0.5) is 4.39 Å². The van der Waals surface area contributed by atoms with Crippen molar-refractivity contribution < 1.29 is 9.50 Å². The fourth-order valence-electron chi connectivity index (χ4n) is 1.84. The number of hydrogen-bond donors (Lipinski definition) is 1. The van der Waals surface area contributed by atoms with Crippen LogP contribution in [0.5, 0.6) is 0 Å². The van der Waals surface area contributed by atoms with Gasteiger partial charge in [0, 0.05) is 4.47 Å². The van der Waals surface area contributed by atoms with Crippen LogP contribution in [0.15, 0.2) is 40.9 Å². The predicted molar refractivity (Wildman–Crippen MR) is 74.1 cm³/mol. The van der Waals surface area contributed by atoms with E-state index in [1.807, 2.05) is 32.0 Å². The second-order valence-electron chi connectivity index (χ2n) is 4.41. The number of aliphatic hydroxyl groups is 1. The molecule has 0 fully saturated rings. The molecule has 1 unspecified atom stereocenters. The second kappa shape index (κ2) is 5.21. The Bertz CT molecular complexity index is 581. The number of benzene rings is 2. The van der Waals surface area contributed by atoms with Gasteiger partial charge in [-0.1, -0.05) is 40.2 Å². The number of halogens is 2.